The van der Waals surface area contributed by atoms with Gasteiger partial charge in [0.05, 0.1) is 6.61 Å². The molecule has 0 aliphatic carbocycles. The van der Waals surface area contributed by atoms with Gasteiger partial charge in [-0.05, 0) is 18.8 Å². The summed E-state index contributed by atoms with van der Waals surface area (Å²) in [5.74, 6) is 0.562. The van der Waals surface area contributed by atoms with E-state index in [1.807, 2.05) is 0 Å². The van der Waals surface area contributed by atoms with Crippen molar-refractivity contribution in [3.63, 3.8) is 0 Å². The first-order valence-corrected chi connectivity index (χ1v) is 5.14. The summed E-state index contributed by atoms with van der Waals surface area (Å²) in [6.07, 6.45) is 1.80. The molecule has 1 amide bonds. The van der Waals surface area contributed by atoms with Crippen LogP contribution in [0.4, 0.5) is 0 Å². The van der Waals surface area contributed by atoms with Crippen molar-refractivity contribution in [3.05, 3.63) is 0 Å². The Balaban J connectivity index is 2.53. The first kappa shape index (κ1) is 11.5. The average molecular weight is 201 g/mol. The number of carbonyl (C=O) groups is 1. The largest absolute Gasteiger partial charge is 0.395 e. The minimum Gasteiger partial charge on any atom is -0.395 e. The van der Waals surface area contributed by atoms with Crippen LogP contribution in [0.3, 0.4) is 0 Å². The Hall–Kier alpha value is -0.610. The highest BCUT2D eigenvalue weighted by molar-refractivity contribution is 5.73. The normalized spacial score (nSPS) is 27.4. The van der Waals surface area contributed by atoms with E-state index in [1.165, 1.54) is 6.92 Å². The number of carbonyl (C=O) groups excluding carboxylic acids is 1. The summed E-state index contributed by atoms with van der Waals surface area (Å²) < 4.78 is 5.52. The van der Waals surface area contributed by atoms with Gasteiger partial charge in [-0.1, -0.05) is 6.92 Å². The summed E-state index contributed by atoms with van der Waals surface area (Å²) >= 11 is 0. The lowest BCUT2D eigenvalue weighted by Gasteiger charge is -2.35. The summed E-state index contributed by atoms with van der Waals surface area (Å²) in [4.78, 5) is 12.9. The number of ether oxygens (including phenoxy) is 1. The van der Waals surface area contributed by atoms with E-state index >= 15 is 0 Å². The summed E-state index contributed by atoms with van der Waals surface area (Å²) in [7, 11) is 0. The van der Waals surface area contributed by atoms with Crippen LogP contribution in [0, 0.1) is 5.92 Å². The molecule has 0 aromatic rings. The van der Waals surface area contributed by atoms with E-state index in [9.17, 15) is 4.79 Å². The Bertz CT molecular complexity index is 196. The fourth-order valence-electron chi connectivity index (χ4n) is 1.76. The molecule has 1 saturated heterocycles. The molecule has 0 spiro atoms. The molecule has 1 aliphatic heterocycles. The first-order valence-electron chi connectivity index (χ1n) is 5.14. The van der Waals surface area contributed by atoms with E-state index in [4.69, 9.17) is 9.84 Å². The second-order valence-electron chi connectivity index (χ2n) is 3.89. The first-order chi connectivity index (χ1) is 6.65. The van der Waals surface area contributed by atoms with Gasteiger partial charge in [0, 0.05) is 20.1 Å². The van der Waals surface area contributed by atoms with Gasteiger partial charge in [0.1, 0.15) is 6.23 Å². The quantitative estimate of drug-likeness (QED) is 0.727. The van der Waals surface area contributed by atoms with Gasteiger partial charge >= 0.3 is 0 Å². The van der Waals surface area contributed by atoms with Gasteiger partial charge in [-0.15, -0.1) is 0 Å². The highest BCUT2D eigenvalue weighted by Crippen LogP contribution is 2.21. The van der Waals surface area contributed by atoms with Crippen LogP contribution in [0.2, 0.25) is 0 Å². The predicted octanol–water partition coefficient (Wildman–Crippen LogP) is 0.600. The number of aliphatic hydroxyl groups excluding tert-OH is 1. The van der Waals surface area contributed by atoms with Crippen LogP contribution in [0.15, 0.2) is 0 Å². The van der Waals surface area contributed by atoms with Crippen LogP contribution in [0.5, 0.6) is 0 Å². The van der Waals surface area contributed by atoms with Crippen LogP contribution in [0.1, 0.15) is 26.7 Å². The van der Waals surface area contributed by atoms with Crippen molar-refractivity contribution in [1.82, 2.24) is 4.90 Å². The van der Waals surface area contributed by atoms with Crippen molar-refractivity contribution in [2.24, 2.45) is 5.92 Å². The van der Waals surface area contributed by atoms with Crippen molar-refractivity contribution in [2.45, 2.75) is 32.9 Å². The molecule has 14 heavy (non-hydrogen) atoms. The van der Waals surface area contributed by atoms with Crippen molar-refractivity contribution in [1.29, 1.82) is 0 Å². The molecule has 1 fully saturated rings. The van der Waals surface area contributed by atoms with Crippen LogP contribution < -0.4 is 0 Å². The molecule has 0 aromatic carbocycles. The molecule has 1 N–H and O–H groups in total. The Labute approximate surface area is 84.8 Å². The van der Waals surface area contributed by atoms with Crippen LogP contribution in [0.25, 0.3) is 0 Å². The molecule has 0 radical (unpaired) electrons. The summed E-state index contributed by atoms with van der Waals surface area (Å²) in [5.41, 5.74) is 0. The van der Waals surface area contributed by atoms with Gasteiger partial charge in [-0.2, -0.15) is 0 Å². The van der Waals surface area contributed by atoms with Gasteiger partial charge in [0.2, 0.25) is 5.91 Å². The van der Waals surface area contributed by atoms with Gasteiger partial charge in [0.25, 0.3) is 0 Å². The summed E-state index contributed by atoms with van der Waals surface area (Å²) in [6, 6.07) is 0. The Morgan fingerprint density at radius 2 is 2.36 bits per heavy atom. The molecule has 0 saturated carbocycles. The maximum Gasteiger partial charge on any atom is 0.221 e. The van der Waals surface area contributed by atoms with Gasteiger partial charge in [-0.3, -0.25) is 4.79 Å². The lowest BCUT2D eigenvalue weighted by molar-refractivity contribution is -0.152. The predicted molar refractivity (Wildman–Crippen MR) is 52.6 cm³/mol. The molecule has 0 aromatic heterocycles. The number of aliphatic hydroxyl groups is 1. The number of rotatable bonds is 3. The molecule has 1 rings (SSSR count). The second-order valence-corrected chi connectivity index (χ2v) is 3.89. The third-order valence-corrected chi connectivity index (χ3v) is 2.62. The van der Waals surface area contributed by atoms with Crippen molar-refractivity contribution < 1.29 is 14.6 Å². The van der Waals surface area contributed by atoms with Crippen molar-refractivity contribution >= 4 is 5.91 Å². The van der Waals surface area contributed by atoms with Crippen LogP contribution in [-0.2, 0) is 9.53 Å². The monoisotopic (exact) mass is 201 g/mol. The van der Waals surface area contributed by atoms with Gasteiger partial charge < -0.3 is 14.7 Å². The van der Waals surface area contributed by atoms with E-state index in [0.717, 1.165) is 12.8 Å². The zero-order valence-corrected chi connectivity index (χ0v) is 8.90. The highest BCUT2D eigenvalue weighted by Gasteiger charge is 2.26. The Morgan fingerprint density at radius 1 is 1.64 bits per heavy atom. The molecule has 1 aliphatic rings. The molecule has 82 valence electrons. The standard InChI is InChI=1S/C10H19NO3/c1-8-3-6-14-10(7-8)11(4-5-12)9(2)13/h8,10,12H,3-7H2,1-2H3/t8-,10+/m0/s1. The van der Waals surface area contributed by atoms with E-state index in [1.54, 1.807) is 4.90 Å². The summed E-state index contributed by atoms with van der Waals surface area (Å²) in [6.45, 7) is 4.74. The highest BCUT2D eigenvalue weighted by atomic mass is 16.5. The Kier molecular flexibility index (Phi) is 4.35. The van der Waals surface area contributed by atoms with Crippen molar-refractivity contribution in [2.75, 3.05) is 19.8 Å². The van der Waals surface area contributed by atoms with Crippen molar-refractivity contribution in [3.8, 4) is 0 Å². The molecule has 0 bridgehead atoms. The summed E-state index contributed by atoms with van der Waals surface area (Å²) in [5, 5.41) is 8.83. The van der Waals surface area contributed by atoms with E-state index in [0.29, 0.717) is 19.1 Å². The molecule has 2 atom stereocenters. The fraction of sp³-hybridized carbons (Fsp3) is 0.900. The third-order valence-electron chi connectivity index (χ3n) is 2.62. The maximum atomic E-state index is 11.3. The van der Waals surface area contributed by atoms with E-state index in [2.05, 4.69) is 6.92 Å². The molecular formula is C10H19NO3. The molecule has 4 heteroatoms. The third kappa shape index (κ3) is 2.96. The number of hydrogen-bond acceptors (Lipinski definition) is 3. The lowest BCUT2D eigenvalue weighted by Crippen LogP contribution is -2.45. The maximum absolute atomic E-state index is 11.3. The number of nitrogens with zero attached hydrogens (tertiary/aromatic N) is 1. The molecule has 4 nitrogen and oxygen atoms in total. The SMILES string of the molecule is CC(=O)N(CCO)[C@H]1C[C@@H](C)CCO1. The minimum atomic E-state index is -0.136. The van der Waals surface area contributed by atoms with E-state index in [-0.39, 0.29) is 18.7 Å². The molecular weight excluding hydrogens is 182 g/mol. The zero-order chi connectivity index (χ0) is 10.6. The number of amides is 1. The number of hydrogen-bond donors (Lipinski definition) is 1. The van der Waals surface area contributed by atoms with Crippen LogP contribution >= 0.6 is 0 Å². The van der Waals surface area contributed by atoms with Crippen LogP contribution in [-0.4, -0.2) is 41.9 Å². The smallest absolute Gasteiger partial charge is 0.221 e. The fourth-order valence-corrected chi connectivity index (χ4v) is 1.76. The second kappa shape index (κ2) is 5.32. The molecule has 0 unspecified atom stereocenters. The minimum absolute atomic E-state index is 0.00613. The van der Waals surface area contributed by atoms with E-state index < -0.39 is 0 Å². The topological polar surface area (TPSA) is 49.8 Å². The lowest BCUT2D eigenvalue weighted by atomic mass is 10.0. The van der Waals surface area contributed by atoms with Gasteiger partial charge in [0.15, 0.2) is 0 Å². The Morgan fingerprint density at radius 3 is 2.86 bits per heavy atom. The van der Waals surface area contributed by atoms with Gasteiger partial charge in [-0.25, -0.2) is 0 Å². The average Bonchev–Trinajstić information content (AvgIpc) is 2.13. The molecule has 1 heterocycles. The zero-order valence-electron chi connectivity index (χ0n) is 8.90.